The number of aromatic nitrogens is 1. The van der Waals surface area contributed by atoms with E-state index in [4.69, 9.17) is 34.8 Å². The number of pyridine rings is 1. The van der Waals surface area contributed by atoms with Gasteiger partial charge in [-0.2, -0.15) is 0 Å². The van der Waals surface area contributed by atoms with E-state index in [0.717, 1.165) is 6.20 Å². The van der Waals surface area contributed by atoms with Gasteiger partial charge in [0.05, 0.1) is 10.5 Å². The van der Waals surface area contributed by atoms with Crippen molar-refractivity contribution in [2.75, 3.05) is 0 Å². The number of hydrogen-bond donors (Lipinski definition) is 0. The molecule has 13 heavy (non-hydrogen) atoms. The molecule has 1 aromatic rings. The van der Waals surface area contributed by atoms with Crippen molar-refractivity contribution in [3.05, 3.63) is 34.1 Å². The molecule has 0 saturated heterocycles. The van der Waals surface area contributed by atoms with Gasteiger partial charge < -0.3 is 0 Å². The highest BCUT2D eigenvalue weighted by Gasteiger charge is 2.31. The van der Waals surface area contributed by atoms with Crippen molar-refractivity contribution in [1.82, 2.24) is 4.98 Å². The van der Waals surface area contributed by atoms with E-state index in [9.17, 15) is 10.1 Å². The first-order valence-electron chi connectivity index (χ1n) is 3.08. The molecule has 0 saturated carbocycles. The number of hydrogen-bond acceptors (Lipinski definition) is 3. The topological polar surface area (TPSA) is 56.0 Å². The Morgan fingerprint density at radius 1 is 1.46 bits per heavy atom. The standard InChI is InChI=1S/C6H3Cl3N2O2/c7-6(8,9)4-1-2-10-3-5(4)11(12)13/h1-3H. The number of nitrogens with zero attached hydrogens (tertiary/aromatic N) is 2. The van der Waals surface area contributed by atoms with Gasteiger partial charge in [0.1, 0.15) is 6.20 Å². The number of nitro groups is 1. The van der Waals surface area contributed by atoms with Crippen molar-refractivity contribution in [2.45, 2.75) is 3.79 Å². The Morgan fingerprint density at radius 3 is 2.46 bits per heavy atom. The first-order chi connectivity index (χ1) is 5.93. The highest BCUT2D eigenvalue weighted by molar-refractivity contribution is 6.67. The van der Waals surface area contributed by atoms with Gasteiger partial charge in [-0.05, 0) is 6.07 Å². The lowest BCUT2D eigenvalue weighted by Crippen LogP contribution is -2.05. The van der Waals surface area contributed by atoms with E-state index >= 15 is 0 Å². The molecule has 7 heteroatoms. The van der Waals surface area contributed by atoms with Crippen molar-refractivity contribution in [3.8, 4) is 0 Å². The second-order valence-electron chi connectivity index (χ2n) is 2.15. The van der Waals surface area contributed by atoms with Gasteiger partial charge in [0.25, 0.3) is 5.69 Å². The van der Waals surface area contributed by atoms with Crippen LogP contribution in [0, 0.1) is 10.1 Å². The maximum atomic E-state index is 10.5. The minimum atomic E-state index is -1.80. The van der Waals surface area contributed by atoms with Crippen LogP contribution in [0.2, 0.25) is 0 Å². The monoisotopic (exact) mass is 240 g/mol. The molecule has 0 aromatic carbocycles. The van der Waals surface area contributed by atoms with Gasteiger partial charge in [0.15, 0.2) is 0 Å². The van der Waals surface area contributed by atoms with Gasteiger partial charge in [-0.15, -0.1) is 0 Å². The van der Waals surface area contributed by atoms with E-state index < -0.39 is 8.72 Å². The van der Waals surface area contributed by atoms with E-state index in [0.29, 0.717) is 0 Å². The molecule has 0 fully saturated rings. The molecule has 1 rings (SSSR count). The third-order valence-corrected chi connectivity index (χ3v) is 1.91. The van der Waals surface area contributed by atoms with Crippen LogP contribution in [0.25, 0.3) is 0 Å². The van der Waals surface area contributed by atoms with Crippen LogP contribution >= 0.6 is 34.8 Å². The third kappa shape index (κ3) is 2.43. The lowest BCUT2D eigenvalue weighted by atomic mass is 10.2. The van der Waals surface area contributed by atoms with Crippen LogP contribution in [0.5, 0.6) is 0 Å². The van der Waals surface area contributed by atoms with Crippen molar-refractivity contribution < 1.29 is 4.92 Å². The van der Waals surface area contributed by atoms with E-state index in [1.54, 1.807) is 0 Å². The van der Waals surface area contributed by atoms with Gasteiger partial charge in [0.2, 0.25) is 3.79 Å². The summed E-state index contributed by atoms with van der Waals surface area (Å²) in [5.41, 5.74) is -0.292. The molecule has 4 nitrogen and oxygen atoms in total. The van der Waals surface area contributed by atoms with Crippen molar-refractivity contribution in [2.24, 2.45) is 0 Å². The molecule has 0 unspecified atom stereocenters. The maximum Gasteiger partial charge on any atom is 0.295 e. The average molecular weight is 241 g/mol. The summed E-state index contributed by atoms with van der Waals surface area (Å²) < 4.78 is -1.80. The normalized spacial score (nSPS) is 11.3. The third-order valence-electron chi connectivity index (χ3n) is 1.30. The SMILES string of the molecule is O=[N+]([O-])c1cnccc1C(Cl)(Cl)Cl. The summed E-state index contributed by atoms with van der Waals surface area (Å²) in [4.78, 5) is 13.4. The number of halogens is 3. The number of rotatable bonds is 1. The minimum absolute atomic E-state index is 0.0116. The lowest BCUT2D eigenvalue weighted by Gasteiger charge is -2.09. The molecule has 0 radical (unpaired) electrons. The van der Waals surface area contributed by atoms with Gasteiger partial charge >= 0.3 is 0 Å². The first kappa shape index (κ1) is 10.5. The van der Waals surface area contributed by atoms with Gasteiger partial charge in [-0.3, -0.25) is 15.1 Å². The summed E-state index contributed by atoms with van der Waals surface area (Å²) >= 11 is 16.5. The fourth-order valence-electron chi connectivity index (χ4n) is 0.771. The molecule has 1 aromatic heterocycles. The smallest absolute Gasteiger partial charge is 0.258 e. The molecule has 0 N–H and O–H groups in total. The van der Waals surface area contributed by atoms with Crippen LogP contribution < -0.4 is 0 Å². The molecular formula is C6H3Cl3N2O2. The Labute approximate surface area is 88.6 Å². The van der Waals surface area contributed by atoms with Crippen LogP contribution in [0.1, 0.15) is 5.56 Å². The zero-order valence-corrected chi connectivity index (χ0v) is 8.34. The Morgan fingerprint density at radius 2 is 2.08 bits per heavy atom. The van der Waals surface area contributed by atoms with Crippen LogP contribution in [-0.2, 0) is 3.79 Å². The lowest BCUT2D eigenvalue weighted by molar-refractivity contribution is -0.385. The van der Waals surface area contributed by atoms with Crippen LogP contribution in [0.4, 0.5) is 5.69 Å². The molecule has 70 valence electrons. The quantitative estimate of drug-likeness (QED) is 0.431. The Hall–Kier alpha value is -0.580. The van der Waals surface area contributed by atoms with E-state index in [1.165, 1.54) is 12.3 Å². The van der Waals surface area contributed by atoms with Gasteiger partial charge in [-0.1, -0.05) is 34.8 Å². The summed E-state index contributed by atoms with van der Waals surface area (Å²) in [6.45, 7) is 0. The van der Waals surface area contributed by atoms with E-state index in [-0.39, 0.29) is 11.3 Å². The second kappa shape index (κ2) is 3.65. The molecule has 0 bridgehead atoms. The molecule has 0 atom stereocenters. The summed E-state index contributed by atoms with van der Waals surface area (Å²) in [6, 6.07) is 1.30. The van der Waals surface area contributed by atoms with Gasteiger partial charge in [-0.25, -0.2) is 0 Å². The van der Waals surface area contributed by atoms with E-state index in [1.807, 2.05) is 0 Å². The average Bonchev–Trinajstić information content (AvgIpc) is 2.03. The molecule has 0 aliphatic rings. The van der Waals surface area contributed by atoms with Crippen molar-refractivity contribution in [3.63, 3.8) is 0 Å². The van der Waals surface area contributed by atoms with Crippen molar-refractivity contribution >= 4 is 40.5 Å². The van der Waals surface area contributed by atoms with Gasteiger partial charge in [0, 0.05) is 6.20 Å². The second-order valence-corrected chi connectivity index (χ2v) is 4.43. The Kier molecular flexibility index (Phi) is 2.95. The first-order valence-corrected chi connectivity index (χ1v) is 4.22. The number of alkyl halides is 3. The predicted octanol–water partition coefficient (Wildman–Crippen LogP) is 2.82. The van der Waals surface area contributed by atoms with Crippen LogP contribution in [-0.4, -0.2) is 9.91 Å². The zero-order chi connectivity index (χ0) is 10.1. The summed E-state index contributed by atoms with van der Waals surface area (Å²) in [7, 11) is 0. The van der Waals surface area contributed by atoms with Crippen LogP contribution in [0.15, 0.2) is 18.5 Å². The van der Waals surface area contributed by atoms with Crippen LogP contribution in [0.3, 0.4) is 0 Å². The highest BCUT2D eigenvalue weighted by atomic mass is 35.6. The fourth-order valence-corrected chi connectivity index (χ4v) is 1.25. The molecule has 0 spiro atoms. The molecule has 0 aliphatic heterocycles. The molecule has 0 aliphatic carbocycles. The minimum Gasteiger partial charge on any atom is -0.258 e. The summed E-state index contributed by atoms with van der Waals surface area (Å²) in [5, 5.41) is 10.5. The summed E-state index contributed by atoms with van der Waals surface area (Å²) in [5.74, 6) is 0. The highest BCUT2D eigenvalue weighted by Crippen LogP contribution is 2.42. The largest absolute Gasteiger partial charge is 0.295 e. The predicted molar refractivity (Wildman–Crippen MR) is 50.1 cm³/mol. The van der Waals surface area contributed by atoms with E-state index in [2.05, 4.69) is 4.98 Å². The molecule has 0 amide bonds. The zero-order valence-electron chi connectivity index (χ0n) is 6.08. The Bertz CT molecular complexity index is 337. The molecule has 1 heterocycles. The van der Waals surface area contributed by atoms with Crippen molar-refractivity contribution in [1.29, 1.82) is 0 Å². The fraction of sp³-hybridized carbons (Fsp3) is 0.167. The molecular weight excluding hydrogens is 238 g/mol. The summed E-state index contributed by atoms with van der Waals surface area (Å²) in [6.07, 6.45) is 2.36. The maximum absolute atomic E-state index is 10.5. The Balaban J connectivity index is 3.28.